The Bertz CT molecular complexity index is 1120. The molecule has 0 bridgehead atoms. The van der Waals surface area contributed by atoms with Crippen molar-refractivity contribution in [1.29, 1.82) is 0 Å². The molecule has 3 N–H and O–H groups in total. The van der Waals surface area contributed by atoms with Gasteiger partial charge in [-0.2, -0.15) is 0 Å². The fourth-order valence-corrected chi connectivity index (χ4v) is 2.85. The minimum absolute atomic E-state index is 0.183. The van der Waals surface area contributed by atoms with Crippen LogP contribution in [0, 0.1) is 0 Å². The van der Waals surface area contributed by atoms with Crippen molar-refractivity contribution >= 4 is 17.3 Å². The molecular formula is C18H17N7O. The fraction of sp³-hybridized carbons (Fsp3) is 0.111. The molecule has 8 heteroatoms. The van der Waals surface area contributed by atoms with E-state index >= 15 is 0 Å². The number of nitrogens with zero attached hydrogens (tertiary/aromatic N) is 5. The number of anilines is 2. The van der Waals surface area contributed by atoms with Crippen molar-refractivity contribution in [3.05, 3.63) is 77.4 Å². The summed E-state index contributed by atoms with van der Waals surface area (Å²) in [6.45, 7) is 1.92. The Hall–Kier alpha value is -3.68. The maximum atomic E-state index is 13.0. The zero-order chi connectivity index (χ0) is 18.1. The van der Waals surface area contributed by atoms with Crippen LogP contribution in [0.15, 0.2) is 65.8 Å². The van der Waals surface area contributed by atoms with E-state index in [1.807, 2.05) is 37.3 Å². The highest BCUT2D eigenvalue weighted by atomic mass is 16.1. The van der Waals surface area contributed by atoms with Crippen LogP contribution in [-0.4, -0.2) is 23.9 Å². The molecule has 4 aromatic rings. The zero-order valence-corrected chi connectivity index (χ0v) is 14.1. The third-order valence-electron chi connectivity index (χ3n) is 4.04. The number of aromatic nitrogens is 5. The molecule has 1 atom stereocenters. The van der Waals surface area contributed by atoms with Crippen molar-refractivity contribution in [3.8, 4) is 5.69 Å². The van der Waals surface area contributed by atoms with Gasteiger partial charge in [0.2, 0.25) is 0 Å². The van der Waals surface area contributed by atoms with Gasteiger partial charge in [-0.15, -0.1) is 0 Å². The standard InChI is InChI=1S/C18H17N7O/c1-12(22-15-10-14(19)20-11-21-15)17-23-16-8-5-9-24(16)18(26)25(17)13-6-3-2-4-7-13/h2-12H,1H3,(H3,19,20,21,22). The van der Waals surface area contributed by atoms with Crippen LogP contribution in [0.4, 0.5) is 11.6 Å². The summed E-state index contributed by atoms with van der Waals surface area (Å²) in [5.41, 5.74) is 6.86. The molecule has 0 spiro atoms. The first-order valence-corrected chi connectivity index (χ1v) is 8.13. The van der Waals surface area contributed by atoms with Crippen LogP contribution in [0.5, 0.6) is 0 Å². The summed E-state index contributed by atoms with van der Waals surface area (Å²) in [6, 6.07) is 14.4. The Balaban J connectivity index is 1.86. The van der Waals surface area contributed by atoms with Gasteiger partial charge < -0.3 is 11.1 Å². The van der Waals surface area contributed by atoms with Crippen molar-refractivity contribution < 1.29 is 0 Å². The quantitative estimate of drug-likeness (QED) is 0.585. The number of hydrogen-bond donors (Lipinski definition) is 2. The molecule has 8 nitrogen and oxygen atoms in total. The van der Waals surface area contributed by atoms with Crippen LogP contribution in [0.1, 0.15) is 18.8 Å². The average Bonchev–Trinajstić information content (AvgIpc) is 3.11. The highest BCUT2D eigenvalue weighted by Crippen LogP contribution is 2.19. The van der Waals surface area contributed by atoms with Crippen LogP contribution in [0.2, 0.25) is 0 Å². The fourth-order valence-electron chi connectivity index (χ4n) is 2.85. The summed E-state index contributed by atoms with van der Waals surface area (Å²) in [6.07, 6.45) is 3.09. The summed E-state index contributed by atoms with van der Waals surface area (Å²) in [5, 5.41) is 3.23. The number of nitrogen functional groups attached to an aromatic ring is 1. The number of hydrogen-bond acceptors (Lipinski definition) is 6. The summed E-state index contributed by atoms with van der Waals surface area (Å²) in [4.78, 5) is 25.8. The van der Waals surface area contributed by atoms with Gasteiger partial charge in [0.15, 0.2) is 0 Å². The molecule has 0 fully saturated rings. The largest absolute Gasteiger partial charge is 0.384 e. The molecular weight excluding hydrogens is 330 g/mol. The van der Waals surface area contributed by atoms with E-state index in [0.29, 0.717) is 23.1 Å². The van der Waals surface area contributed by atoms with E-state index in [1.165, 1.54) is 10.7 Å². The smallest absolute Gasteiger partial charge is 0.339 e. The predicted molar refractivity (Wildman–Crippen MR) is 99.3 cm³/mol. The van der Waals surface area contributed by atoms with Gasteiger partial charge in [-0.05, 0) is 31.2 Å². The number of rotatable bonds is 4. The SMILES string of the molecule is CC(Nc1cc(N)ncn1)c1nc2cccn2c(=O)n1-c1ccccc1. The molecule has 3 aromatic heterocycles. The van der Waals surface area contributed by atoms with Crippen LogP contribution in [0.3, 0.4) is 0 Å². The lowest BCUT2D eigenvalue weighted by atomic mass is 10.2. The zero-order valence-electron chi connectivity index (χ0n) is 14.1. The Morgan fingerprint density at radius 3 is 2.69 bits per heavy atom. The third kappa shape index (κ3) is 2.77. The van der Waals surface area contributed by atoms with E-state index in [0.717, 1.165) is 5.69 Å². The molecule has 0 aliphatic heterocycles. The van der Waals surface area contributed by atoms with E-state index in [1.54, 1.807) is 29.0 Å². The number of para-hydroxylation sites is 1. The summed E-state index contributed by atoms with van der Waals surface area (Å²) in [7, 11) is 0. The first kappa shape index (κ1) is 15.8. The minimum Gasteiger partial charge on any atom is -0.384 e. The molecule has 3 heterocycles. The van der Waals surface area contributed by atoms with E-state index in [9.17, 15) is 4.79 Å². The Morgan fingerprint density at radius 2 is 1.92 bits per heavy atom. The molecule has 1 aromatic carbocycles. The van der Waals surface area contributed by atoms with Crippen LogP contribution < -0.4 is 16.7 Å². The lowest BCUT2D eigenvalue weighted by molar-refractivity contribution is 0.694. The maximum Gasteiger partial charge on any atom is 0.339 e. The van der Waals surface area contributed by atoms with E-state index < -0.39 is 0 Å². The normalized spacial score (nSPS) is 12.2. The Kier molecular flexibility index (Phi) is 3.85. The number of nitrogens with two attached hydrogens (primary N) is 1. The van der Waals surface area contributed by atoms with Crippen molar-refractivity contribution in [2.45, 2.75) is 13.0 Å². The van der Waals surface area contributed by atoms with Crippen molar-refractivity contribution in [3.63, 3.8) is 0 Å². The average molecular weight is 347 g/mol. The van der Waals surface area contributed by atoms with E-state index in [4.69, 9.17) is 5.73 Å². The van der Waals surface area contributed by atoms with Gasteiger partial charge in [0.25, 0.3) is 0 Å². The molecule has 130 valence electrons. The molecule has 0 aliphatic rings. The van der Waals surface area contributed by atoms with E-state index in [2.05, 4.69) is 20.3 Å². The second kappa shape index (κ2) is 6.32. The van der Waals surface area contributed by atoms with Crippen LogP contribution >= 0.6 is 0 Å². The topological polar surface area (TPSA) is 103 Å². The summed E-state index contributed by atoms with van der Waals surface area (Å²) in [5.74, 6) is 1.50. The number of benzene rings is 1. The van der Waals surface area contributed by atoms with Crippen molar-refractivity contribution in [2.24, 2.45) is 0 Å². The Labute approximate surface area is 149 Å². The monoisotopic (exact) mass is 347 g/mol. The summed E-state index contributed by atoms with van der Waals surface area (Å²) >= 11 is 0. The summed E-state index contributed by atoms with van der Waals surface area (Å²) < 4.78 is 3.11. The molecule has 4 rings (SSSR count). The van der Waals surface area contributed by atoms with Crippen molar-refractivity contribution in [1.82, 2.24) is 23.9 Å². The van der Waals surface area contributed by atoms with Crippen LogP contribution in [-0.2, 0) is 0 Å². The molecule has 0 amide bonds. The molecule has 0 aliphatic carbocycles. The van der Waals surface area contributed by atoms with Gasteiger partial charge in [0.1, 0.15) is 29.4 Å². The molecule has 0 saturated heterocycles. The highest BCUT2D eigenvalue weighted by Gasteiger charge is 2.18. The van der Waals surface area contributed by atoms with Gasteiger partial charge in [-0.3, -0.25) is 4.40 Å². The van der Waals surface area contributed by atoms with Crippen molar-refractivity contribution in [2.75, 3.05) is 11.1 Å². The molecule has 0 radical (unpaired) electrons. The minimum atomic E-state index is -0.294. The Morgan fingerprint density at radius 1 is 1.12 bits per heavy atom. The molecule has 1 unspecified atom stereocenters. The third-order valence-corrected chi connectivity index (χ3v) is 4.04. The predicted octanol–water partition coefficient (Wildman–Crippen LogP) is 2.03. The second-order valence-corrected chi connectivity index (χ2v) is 5.85. The first-order valence-electron chi connectivity index (χ1n) is 8.13. The van der Waals surface area contributed by atoms with Gasteiger partial charge >= 0.3 is 5.69 Å². The number of fused-ring (bicyclic) bond motifs is 1. The van der Waals surface area contributed by atoms with Gasteiger partial charge in [-0.25, -0.2) is 24.3 Å². The lowest BCUT2D eigenvalue weighted by Gasteiger charge is -2.19. The molecule has 0 saturated carbocycles. The maximum absolute atomic E-state index is 13.0. The molecule has 26 heavy (non-hydrogen) atoms. The van der Waals surface area contributed by atoms with Gasteiger partial charge in [0, 0.05) is 12.3 Å². The first-order chi connectivity index (χ1) is 12.6. The van der Waals surface area contributed by atoms with E-state index in [-0.39, 0.29) is 11.7 Å². The second-order valence-electron chi connectivity index (χ2n) is 5.85. The van der Waals surface area contributed by atoms with Gasteiger partial charge in [-0.1, -0.05) is 18.2 Å². The van der Waals surface area contributed by atoms with Crippen LogP contribution in [0.25, 0.3) is 11.3 Å². The highest BCUT2D eigenvalue weighted by molar-refractivity contribution is 5.46. The number of nitrogens with one attached hydrogen (secondary N) is 1. The lowest BCUT2D eigenvalue weighted by Crippen LogP contribution is -2.31. The van der Waals surface area contributed by atoms with Gasteiger partial charge in [0.05, 0.1) is 11.7 Å².